The minimum Gasteiger partial charge on any atom is -0.493 e. The summed E-state index contributed by atoms with van der Waals surface area (Å²) in [7, 11) is 4.65. The van der Waals surface area contributed by atoms with Gasteiger partial charge >= 0.3 is 0 Å². The van der Waals surface area contributed by atoms with E-state index < -0.39 is 6.04 Å². The third-order valence-corrected chi connectivity index (χ3v) is 5.83. The molecule has 0 saturated carbocycles. The smallest absolute Gasteiger partial charge is 0.262 e. The minimum atomic E-state index is -0.430. The van der Waals surface area contributed by atoms with Crippen LogP contribution in [0.2, 0.25) is 0 Å². The van der Waals surface area contributed by atoms with Crippen LogP contribution in [0, 0.1) is 11.7 Å². The summed E-state index contributed by atoms with van der Waals surface area (Å²) in [5.74, 6) is 0.0206. The third kappa shape index (κ3) is 6.16. The van der Waals surface area contributed by atoms with Gasteiger partial charge in [0.15, 0.2) is 11.5 Å². The van der Waals surface area contributed by atoms with Gasteiger partial charge in [0, 0.05) is 26.0 Å². The van der Waals surface area contributed by atoms with Gasteiger partial charge in [0.2, 0.25) is 5.91 Å². The van der Waals surface area contributed by atoms with Gasteiger partial charge in [-0.25, -0.2) is 9.40 Å². The number of carbonyl (C=O) groups excluding carboxylic acids is 2. The number of nitrogens with zero attached hydrogens (tertiary/aromatic N) is 3. The Balaban J connectivity index is 1.95. The molecule has 1 unspecified atom stereocenters. The van der Waals surface area contributed by atoms with E-state index in [4.69, 9.17) is 14.2 Å². The van der Waals surface area contributed by atoms with Crippen molar-refractivity contribution >= 4 is 17.5 Å². The molecule has 8 nitrogen and oxygen atoms in total. The van der Waals surface area contributed by atoms with Crippen molar-refractivity contribution in [3.05, 3.63) is 59.4 Å². The molecule has 0 N–H and O–H groups in total. The summed E-state index contributed by atoms with van der Waals surface area (Å²) >= 11 is 0. The Kier molecular flexibility index (Phi) is 8.81. The van der Waals surface area contributed by atoms with Crippen LogP contribution in [0.25, 0.3) is 0 Å². The number of methoxy groups -OCH3 is 3. The lowest BCUT2D eigenvalue weighted by Gasteiger charge is -2.28. The molecule has 2 aromatic rings. The SMILES string of the molecule is COCCN(CC(=O)N1N=C(c2ccc(F)cc2)CC1c1ccc(OC)c(OC)c1)C(=O)C(C)C. The molecule has 2 amide bonds. The van der Waals surface area contributed by atoms with E-state index in [-0.39, 0.29) is 30.1 Å². The standard InChI is InChI=1S/C26H32FN3O5/c1-17(2)26(32)29(12-13-33-3)16-25(31)30-22(19-8-11-23(34-4)24(14-19)35-5)15-21(28-30)18-6-9-20(27)10-7-18/h6-11,14,17,22H,12-13,15-16H2,1-5H3. The lowest BCUT2D eigenvalue weighted by molar-refractivity contribution is -0.143. The molecule has 9 heteroatoms. The number of hydrogen-bond donors (Lipinski definition) is 0. The van der Waals surface area contributed by atoms with Gasteiger partial charge in [0.05, 0.1) is 32.6 Å². The quantitative estimate of drug-likeness (QED) is 0.513. The maximum absolute atomic E-state index is 13.5. The van der Waals surface area contributed by atoms with Crippen molar-refractivity contribution in [2.24, 2.45) is 11.0 Å². The van der Waals surface area contributed by atoms with Crippen molar-refractivity contribution in [1.29, 1.82) is 0 Å². The van der Waals surface area contributed by atoms with Gasteiger partial charge in [-0.3, -0.25) is 9.59 Å². The van der Waals surface area contributed by atoms with Gasteiger partial charge in [0.1, 0.15) is 12.4 Å². The molecule has 0 bridgehead atoms. The molecule has 0 fully saturated rings. The highest BCUT2D eigenvalue weighted by Crippen LogP contribution is 2.37. The van der Waals surface area contributed by atoms with E-state index in [9.17, 15) is 14.0 Å². The Morgan fingerprint density at radius 2 is 1.77 bits per heavy atom. The highest BCUT2D eigenvalue weighted by atomic mass is 19.1. The van der Waals surface area contributed by atoms with Crippen LogP contribution in [-0.4, -0.2) is 68.5 Å². The highest BCUT2D eigenvalue weighted by Gasteiger charge is 2.35. The number of carbonyl (C=O) groups is 2. The number of amides is 2. The molecular formula is C26H32FN3O5. The van der Waals surface area contributed by atoms with Crippen LogP contribution in [0.4, 0.5) is 4.39 Å². The molecule has 188 valence electrons. The summed E-state index contributed by atoms with van der Waals surface area (Å²) < 4.78 is 29.4. The lowest BCUT2D eigenvalue weighted by atomic mass is 9.98. The molecule has 2 aromatic carbocycles. The molecule has 0 saturated heterocycles. The van der Waals surface area contributed by atoms with E-state index in [1.54, 1.807) is 53.4 Å². The molecular weight excluding hydrogens is 453 g/mol. The van der Waals surface area contributed by atoms with Crippen LogP contribution in [0.15, 0.2) is 47.6 Å². The first-order valence-electron chi connectivity index (χ1n) is 11.4. The largest absolute Gasteiger partial charge is 0.493 e. The number of ether oxygens (including phenoxy) is 3. The van der Waals surface area contributed by atoms with Crippen molar-refractivity contribution < 1.29 is 28.2 Å². The molecule has 1 aliphatic heterocycles. The van der Waals surface area contributed by atoms with Gasteiger partial charge in [-0.15, -0.1) is 0 Å². The zero-order chi connectivity index (χ0) is 25.5. The summed E-state index contributed by atoms with van der Waals surface area (Å²) in [5, 5.41) is 6.03. The number of rotatable bonds is 10. The van der Waals surface area contributed by atoms with Crippen molar-refractivity contribution in [1.82, 2.24) is 9.91 Å². The number of benzene rings is 2. The summed E-state index contributed by atoms with van der Waals surface area (Å²) in [5.41, 5.74) is 2.17. The average Bonchev–Trinajstić information content (AvgIpc) is 3.31. The first kappa shape index (κ1) is 26.2. The Hall–Kier alpha value is -3.46. The molecule has 1 atom stereocenters. The Morgan fingerprint density at radius 1 is 1.09 bits per heavy atom. The summed E-state index contributed by atoms with van der Waals surface area (Å²) in [6.45, 7) is 4.06. The maximum atomic E-state index is 13.5. The van der Waals surface area contributed by atoms with E-state index in [1.807, 2.05) is 12.1 Å². The second kappa shape index (κ2) is 11.8. The average molecular weight is 486 g/mol. The maximum Gasteiger partial charge on any atom is 0.262 e. The van der Waals surface area contributed by atoms with Crippen LogP contribution in [0.1, 0.15) is 37.4 Å². The summed E-state index contributed by atoms with van der Waals surface area (Å²) in [6.07, 6.45) is 0.420. The number of hydrazone groups is 1. The first-order chi connectivity index (χ1) is 16.8. The summed E-state index contributed by atoms with van der Waals surface area (Å²) in [6, 6.07) is 11.0. The van der Waals surface area contributed by atoms with E-state index in [1.165, 1.54) is 22.0 Å². The minimum absolute atomic E-state index is 0.135. The molecule has 0 radical (unpaired) electrons. The monoisotopic (exact) mass is 485 g/mol. The second-order valence-corrected chi connectivity index (χ2v) is 8.53. The predicted octanol–water partition coefficient (Wildman–Crippen LogP) is 3.65. The fourth-order valence-electron chi connectivity index (χ4n) is 3.95. The van der Waals surface area contributed by atoms with Crippen molar-refractivity contribution in [2.45, 2.75) is 26.3 Å². The van der Waals surface area contributed by atoms with Gasteiger partial charge in [0.25, 0.3) is 5.91 Å². The van der Waals surface area contributed by atoms with Crippen LogP contribution < -0.4 is 9.47 Å². The van der Waals surface area contributed by atoms with Gasteiger partial charge in [-0.1, -0.05) is 32.0 Å². The highest BCUT2D eigenvalue weighted by molar-refractivity contribution is 6.03. The number of hydrogen-bond acceptors (Lipinski definition) is 6. The molecule has 3 rings (SSSR count). The predicted molar refractivity (Wildman–Crippen MR) is 130 cm³/mol. The second-order valence-electron chi connectivity index (χ2n) is 8.53. The molecule has 0 aliphatic carbocycles. The molecule has 1 heterocycles. The molecule has 1 aliphatic rings. The Morgan fingerprint density at radius 3 is 2.37 bits per heavy atom. The zero-order valence-corrected chi connectivity index (χ0v) is 20.8. The lowest BCUT2D eigenvalue weighted by Crippen LogP contribution is -2.44. The zero-order valence-electron chi connectivity index (χ0n) is 20.8. The Labute approximate surface area is 205 Å². The van der Waals surface area contributed by atoms with Gasteiger partial charge in [-0.2, -0.15) is 5.10 Å². The number of halogens is 1. The van der Waals surface area contributed by atoms with E-state index in [0.717, 1.165) is 11.1 Å². The van der Waals surface area contributed by atoms with Crippen molar-refractivity contribution in [2.75, 3.05) is 41.0 Å². The van der Waals surface area contributed by atoms with Gasteiger partial charge in [-0.05, 0) is 35.4 Å². The Bertz CT molecular complexity index is 1070. The van der Waals surface area contributed by atoms with E-state index >= 15 is 0 Å². The molecule has 0 aromatic heterocycles. The summed E-state index contributed by atoms with van der Waals surface area (Å²) in [4.78, 5) is 27.7. The van der Waals surface area contributed by atoms with Crippen LogP contribution in [0.5, 0.6) is 11.5 Å². The van der Waals surface area contributed by atoms with E-state index in [2.05, 4.69) is 5.10 Å². The fourth-order valence-corrected chi connectivity index (χ4v) is 3.95. The van der Waals surface area contributed by atoms with Crippen LogP contribution >= 0.6 is 0 Å². The molecule has 0 spiro atoms. The topological polar surface area (TPSA) is 80.7 Å². The van der Waals surface area contributed by atoms with Crippen LogP contribution in [0.3, 0.4) is 0 Å². The van der Waals surface area contributed by atoms with Crippen molar-refractivity contribution in [3.8, 4) is 11.5 Å². The first-order valence-corrected chi connectivity index (χ1v) is 11.4. The van der Waals surface area contributed by atoms with Crippen molar-refractivity contribution in [3.63, 3.8) is 0 Å². The fraction of sp³-hybridized carbons (Fsp3) is 0.423. The third-order valence-electron chi connectivity index (χ3n) is 5.83. The molecule has 35 heavy (non-hydrogen) atoms. The van der Waals surface area contributed by atoms with Gasteiger partial charge < -0.3 is 19.1 Å². The van der Waals surface area contributed by atoms with E-state index in [0.29, 0.717) is 36.8 Å². The van der Waals surface area contributed by atoms with Crippen LogP contribution in [-0.2, 0) is 14.3 Å². The normalized spacial score (nSPS) is 15.2.